The highest BCUT2D eigenvalue weighted by Crippen LogP contribution is 2.46. The Hall–Kier alpha value is -0.570. The number of hydrogen-bond acceptors (Lipinski definition) is 2. The Bertz CT molecular complexity index is 278. The summed E-state index contributed by atoms with van der Waals surface area (Å²) in [4.78, 5) is 11.2. The van der Waals surface area contributed by atoms with E-state index in [0.29, 0.717) is 5.92 Å². The van der Waals surface area contributed by atoms with Gasteiger partial charge in [0.2, 0.25) is 0 Å². The van der Waals surface area contributed by atoms with Crippen molar-refractivity contribution in [1.82, 2.24) is 0 Å². The first-order chi connectivity index (χ1) is 8.64. The Kier molecular flexibility index (Phi) is 4.66. The van der Waals surface area contributed by atoms with Crippen LogP contribution in [0, 0.1) is 11.3 Å². The normalized spacial score (nSPS) is 26.7. The first kappa shape index (κ1) is 13.9. The maximum absolute atomic E-state index is 11.2. The molecule has 1 atom stereocenters. The molecule has 3 N–H and O–H groups in total. The van der Waals surface area contributed by atoms with Crippen molar-refractivity contribution < 1.29 is 9.90 Å². The van der Waals surface area contributed by atoms with Gasteiger partial charge in [-0.3, -0.25) is 4.79 Å². The molecule has 0 radical (unpaired) electrons. The van der Waals surface area contributed by atoms with Crippen molar-refractivity contribution in [2.45, 2.75) is 76.7 Å². The van der Waals surface area contributed by atoms with E-state index in [-0.39, 0.29) is 17.9 Å². The molecule has 0 aromatic heterocycles. The number of carboxylic acid groups (broad SMARTS) is 1. The van der Waals surface area contributed by atoms with Gasteiger partial charge in [-0.05, 0) is 37.0 Å². The third kappa shape index (κ3) is 3.05. The van der Waals surface area contributed by atoms with E-state index >= 15 is 0 Å². The SMILES string of the molecule is NC(C1CCCCC1)C1(CC(=O)O)CCCCC1. The lowest BCUT2D eigenvalue weighted by molar-refractivity contribution is -0.141. The summed E-state index contributed by atoms with van der Waals surface area (Å²) in [6, 6.07) is 0.106. The third-order valence-corrected chi connectivity index (χ3v) is 5.22. The molecule has 0 aromatic rings. The standard InChI is InChI=1S/C15H27NO2/c16-14(12-7-3-1-4-8-12)15(11-13(17)18)9-5-2-6-10-15/h12,14H,1-11,16H2,(H,17,18). The van der Waals surface area contributed by atoms with Crippen molar-refractivity contribution >= 4 is 5.97 Å². The Labute approximate surface area is 110 Å². The molecule has 2 aliphatic carbocycles. The van der Waals surface area contributed by atoms with Crippen LogP contribution in [0.1, 0.15) is 70.6 Å². The van der Waals surface area contributed by atoms with Crippen molar-refractivity contribution in [3.8, 4) is 0 Å². The largest absolute Gasteiger partial charge is 0.481 e. The highest BCUT2D eigenvalue weighted by atomic mass is 16.4. The highest BCUT2D eigenvalue weighted by Gasteiger charge is 2.43. The molecule has 3 nitrogen and oxygen atoms in total. The van der Waals surface area contributed by atoms with Crippen LogP contribution in [0.2, 0.25) is 0 Å². The van der Waals surface area contributed by atoms with Crippen molar-refractivity contribution in [2.24, 2.45) is 17.1 Å². The maximum atomic E-state index is 11.2. The van der Waals surface area contributed by atoms with Crippen LogP contribution >= 0.6 is 0 Å². The second kappa shape index (κ2) is 6.05. The van der Waals surface area contributed by atoms with Gasteiger partial charge < -0.3 is 10.8 Å². The summed E-state index contributed by atoms with van der Waals surface area (Å²) in [7, 11) is 0. The minimum absolute atomic E-state index is 0.105. The average Bonchev–Trinajstić information content (AvgIpc) is 2.39. The molecule has 1 unspecified atom stereocenters. The molecule has 0 amide bonds. The fraction of sp³-hybridized carbons (Fsp3) is 0.933. The van der Waals surface area contributed by atoms with Gasteiger partial charge in [0.15, 0.2) is 0 Å². The predicted octanol–water partition coefficient (Wildman–Crippen LogP) is 3.32. The number of hydrogen-bond donors (Lipinski definition) is 2. The van der Waals surface area contributed by atoms with Crippen LogP contribution in [0.15, 0.2) is 0 Å². The van der Waals surface area contributed by atoms with Crippen molar-refractivity contribution in [1.29, 1.82) is 0 Å². The lowest BCUT2D eigenvalue weighted by Crippen LogP contribution is -2.49. The molecule has 2 rings (SSSR count). The molecule has 0 bridgehead atoms. The van der Waals surface area contributed by atoms with Crippen LogP contribution in [0.3, 0.4) is 0 Å². The van der Waals surface area contributed by atoms with E-state index in [1.165, 1.54) is 38.5 Å². The zero-order valence-electron chi connectivity index (χ0n) is 11.4. The summed E-state index contributed by atoms with van der Waals surface area (Å²) >= 11 is 0. The fourth-order valence-electron chi connectivity index (χ4n) is 4.18. The summed E-state index contributed by atoms with van der Waals surface area (Å²) in [6.07, 6.45) is 12.2. The van der Waals surface area contributed by atoms with Crippen LogP contribution in [0.25, 0.3) is 0 Å². The summed E-state index contributed by atoms with van der Waals surface area (Å²) in [6.45, 7) is 0. The number of carboxylic acids is 1. The van der Waals surface area contributed by atoms with Crippen LogP contribution in [0.5, 0.6) is 0 Å². The Morgan fingerprint density at radius 3 is 2.22 bits per heavy atom. The van der Waals surface area contributed by atoms with E-state index in [4.69, 9.17) is 5.73 Å². The molecule has 104 valence electrons. The topological polar surface area (TPSA) is 63.3 Å². The summed E-state index contributed by atoms with van der Waals surface area (Å²) in [5, 5.41) is 9.22. The van der Waals surface area contributed by atoms with Crippen molar-refractivity contribution in [3.63, 3.8) is 0 Å². The Balaban J connectivity index is 2.08. The number of rotatable bonds is 4. The van der Waals surface area contributed by atoms with Gasteiger partial charge in [0.1, 0.15) is 0 Å². The molecular formula is C15H27NO2. The zero-order valence-corrected chi connectivity index (χ0v) is 11.4. The van der Waals surface area contributed by atoms with Crippen molar-refractivity contribution in [2.75, 3.05) is 0 Å². The van der Waals surface area contributed by atoms with Crippen LogP contribution < -0.4 is 5.73 Å². The minimum atomic E-state index is -0.664. The van der Waals surface area contributed by atoms with E-state index in [2.05, 4.69) is 0 Å². The van der Waals surface area contributed by atoms with Gasteiger partial charge in [0, 0.05) is 6.04 Å². The Morgan fingerprint density at radius 2 is 1.67 bits per heavy atom. The zero-order chi connectivity index (χ0) is 13.0. The molecule has 0 heterocycles. The molecular weight excluding hydrogens is 226 g/mol. The third-order valence-electron chi connectivity index (χ3n) is 5.22. The second-order valence-corrected chi connectivity index (χ2v) is 6.42. The van der Waals surface area contributed by atoms with Gasteiger partial charge in [-0.2, -0.15) is 0 Å². The number of nitrogens with two attached hydrogens (primary N) is 1. The van der Waals surface area contributed by atoms with Gasteiger partial charge in [0.25, 0.3) is 0 Å². The van der Waals surface area contributed by atoms with Gasteiger partial charge in [0.05, 0.1) is 6.42 Å². The fourth-order valence-corrected chi connectivity index (χ4v) is 4.18. The first-order valence-corrected chi connectivity index (χ1v) is 7.61. The predicted molar refractivity (Wildman–Crippen MR) is 72.3 cm³/mol. The number of aliphatic carboxylic acids is 1. The van der Waals surface area contributed by atoms with Crippen LogP contribution in [0.4, 0.5) is 0 Å². The van der Waals surface area contributed by atoms with Gasteiger partial charge in [-0.15, -0.1) is 0 Å². The molecule has 0 spiro atoms. The monoisotopic (exact) mass is 253 g/mol. The van der Waals surface area contributed by atoms with Gasteiger partial charge in [-0.1, -0.05) is 38.5 Å². The second-order valence-electron chi connectivity index (χ2n) is 6.42. The quantitative estimate of drug-likeness (QED) is 0.808. The van der Waals surface area contributed by atoms with Crippen LogP contribution in [-0.4, -0.2) is 17.1 Å². The lowest BCUT2D eigenvalue weighted by atomic mass is 9.62. The van der Waals surface area contributed by atoms with E-state index < -0.39 is 5.97 Å². The number of carbonyl (C=O) groups is 1. The molecule has 2 saturated carbocycles. The lowest BCUT2D eigenvalue weighted by Gasteiger charge is -2.45. The van der Waals surface area contributed by atoms with Gasteiger partial charge >= 0.3 is 5.97 Å². The molecule has 2 aliphatic rings. The Morgan fingerprint density at radius 1 is 1.11 bits per heavy atom. The highest BCUT2D eigenvalue weighted by molar-refractivity contribution is 5.68. The molecule has 2 fully saturated rings. The van der Waals surface area contributed by atoms with E-state index in [1.807, 2.05) is 0 Å². The van der Waals surface area contributed by atoms with Crippen LogP contribution in [-0.2, 0) is 4.79 Å². The molecule has 0 aliphatic heterocycles. The van der Waals surface area contributed by atoms with Crippen molar-refractivity contribution in [3.05, 3.63) is 0 Å². The molecule has 0 saturated heterocycles. The van der Waals surface area contributed by atoms with E-state index in [9.17, 15) is 9.90 Å². The van der Waals surface area contributed by atoms with Gasteiger partial charge in [-0.25, -0.2) is 0 Å². The summed E-state index contributed by atoms with van der Waals surface area (Å²) in [5.74, 6) is -0.0978. The summed E-state index contributed by atoms with van der Waals surface area (Å²) < 4.78 is 0. The van der Waals surface area contributed by atoms with E-state index in [1.54, 1.807) is 0 Å². The maximum Gasteiger partial charge on any atom is 0.303 e. The minimum Gasteiger partial charge on any atom is -0.481 e. The average molecular weight is 253 g/mol. The summed E-state index contributed by atoms with van der Waals surface area (Å²) in [5.41, 5.74) is 6.44. The smallest absolute Gasteiger partial charge is 0.303 e. The molecule has 0 aromatic carbocycles. The van der Waals surface area contributed by atoms with E-state index in [0.717, 1.165) is 25.7 Å². The molecule has 3 heteroatoms. The first-order valence-electron chi connectivity index (χ1n) is 7.61. The molecule has 18 heavy (non-hydrogen) atoms.